The van der Waals surface area contributed by atoms with Gasteiger partial charge in [-0.3, -0.25) is 19.8 Å². The molecule has 1 saturated heterocycles. The maximum Gasteiger partial charge on any atom is 0.269 e. The van der Waals surface area contributed by atoms with Crippen LogP contribution in [0.3, 0.4) is 0 Å². The molecule has 0 N–H and O–H groups in total. The fraction of sp³-hybridized carbons (Fsp3) is 0.556. The summed E-state index contributed by atoms with van der Waals surface area (Å²) in [6.07, 6.45) is 0.834. The second kappa shape index (κ2) is 8.58. The molecule has 1 aromatic carbocycles. The Morgan fingerprint density at radius 2 is 2.00 bits per heavy atom. The first kappa shape index (κ1) is 18.9. The largest absolute Gasteiger partial charge is 0.340 e. The molecule has 2 rings (SSSR count). The van der Waals surface area contributed by atoms with Crippen LogP contribution in [0.5, 0.6) is 0 Å². The van der Waals surface area contributed by atoms with E-state index in [1.54, 1.807) is 12.1 Å². The van der Waals surface area contributed by atoms with Gasteiger partial charge >= 0.3 is 0 Å². The summed E-state index contributed by atoms with van der Waals surface area (Å²) in [5, 5.41) is 20.1. The zero-order chi connectivity index (χ0) is 18.4. The van der Waals surface area contributed by atoms with Crippen LogP contribution in [0.2, 0.25) is 0 Å². The molecule has 1 aliphatic heterocycles. The minimum absolute atomic E-state index is 0.0507. The van der Waals surface area contributed by atoms with Crippen LogP contribution < -0.4 is 0 Å². The summed E-state index contributed by atoms with van der Waals surface area (Å²) in [7, 11) is 0. The summed E-state index contributed by atoms with van der Waals surface area (Å²) < 4.78 is 0. The molecule has 1 aliphatic rings. The fourth-order valence-electron chi connectivity index (χ4n) is 3.14. The molecule has 1 atom stereocenters. The first-order chi connectivity index (χ1) is 11.9. The normalized spacial score (nSPS) is 16.5. The Morgan fingerprint density at radius 3 is 2.56 bits per heavy atom. The molecule has 1 heterocycles. The summed E-state index contributed by atoms with van der Waals surface area (Å²) in [5.74, 6) is 0.324. The van der Waals surface area contributed by atoms with Gasteiger partial charge in [-0.15, -0.1) is 0 Å². The van der Waals surface area contributed by atoms with Crippen molar-refractivity contribution in [1.82, 2.24) is 9.80 Å². The Balaban J connectivity index is 1.84. The highest BCUT2D eigenvalue weighted by molar-refractivity contribution is 5.76. The molecule has 7 heteroatoms. The predicted octanol–water partition coefficient (Wildman–Crippen LogP) is 2.22. The lowest BCUT2D eigenvalue weighted by atomic mass is 10.0. The third-order valence-electron chi connectivity index (χ3n) is 4.57. The SMILES string of the molecule is CC(C)[C@@H](C#N)N1CCN(C(=O)CCc2cccc([N+](=O)[O-])c2)CC1. The molecule has 1 fully saturated rings. The topological polar surface area (TPSA) is 90.5 Å². The Labute approximate surface area is 148 Å². The van der Waals surface area contributed by atoms with Gasteiger partial charge in [0.2, 0.25) is 5.91 Å². The van der Waals surface area contributed by atoms with Gasteiger partial charge in [0.1, 0.15) is 6.04 Å². The van der Waals surface area contributed by atoms with Gasteiger partial charge in [0.05, 0.1) is 11.0 Å². The predicted molar refractivity (Wildman–Crippen MR) is 93.8 cm³/mol. The van der Waals surface area contributed by atoms with Gasteiger partial charge in [0.25, 0.3) is 5.69 Å². The van der Waals surface area contributed by atoms with Gasteiger partial charge in [-0.25, -0.2) is 0 Å². The second-order valence-corrected chi connectivity index (χ2v) is 6.66. The lowest BCUT2D eigenvalue weighted by Crippen LogP contribution is -2.52. The Kier molecular flexibility index (Phi) is 6.48. The standard InChI is InChI=1S/C18H24N4O3/c1-14(2)17(13-19)20-8-10-21(11-9-20)18(23)7-6-15-4-3-5-16(12-15)22(24)25/h3-5,12,14,17H,6-11H2,1-2H3/t17-/m1/s1. The number of nitrogens with zero attached hydrogens (tertiary/aromatic N) is 4. The molecule has 0 aromatic heterocycles. The zero-order valence-corrected chi connectivity index (χ0v) is 14.7. The molecule has 0 radical (unpaired) electrons. The third-order valence-corrected chi connectivity index (χ3v) is 4.57. The fourth-order valence-corrected chi connectivity index (χ4v) is 3.14. The van der Waals surface area contributed by atoms with Crippen LogP contribution in [0.15, 0.2) is 24.3 Å². The number of aryl methyl sites for hydroxylation is 1. The molecular formula is C18H24N4O3. The van der Waals surface area contributed by atoms with Crippen LogP contribution in [0.4, 0.5) is 5.69 Å². The number of hydrogen-bond donors (Lipinski definition) is 0. The molecule has 0 aliphatic carbocycles. The maximum atomic E-state index is 12.4. The van der Waals surface area contributed by atoms with Crippen molar-refractivity contribution in [3.8, 4) is 6.07 Å². The summed E-state index contributed by atoms with van der Waals surface area (Å²) in [5.41, 5.74) is 0.848. The average molecular weight is 344 g/mol. The Morgan fingerprint density at radius 1 is 1.32 bits per heavy atom. The number of carbonyl (C=O) groups is 1. The minimum Gasteiger partial charge on any atom is -0.340 e. The van der Waals surface area contributed by atoms with Crippen LogP contribution >= 0.6 is 0 Å². The quantitative estimate of drug-likeness (QED) is 0.583. The first-order valence-corrected chi connectivity index (χ1v) is 8.57. The average Bonchev–Trinajstić information content (AvgIpc) is 2.61. The number of nitro groups is 1. The highest BCUT2D eigenvalue weighted by atomic mass is 16.6. The molecule has 0 bridgehead atoms. The van der Waals surface area contributed by atoms with Crippen molar-refractivity contribution >= 4 is 11.6 Å². The van der Waals surface area contributed by atoms with E-state index in [2.05, 4.69) is 11.0 Å². The smallest absolute Gasteiger partial charge is 0.269 e. The van der Waals surface area contributed by atoms with Crippen molar-refractivity contribution in [2.24, 2.45) is 5.92 Å². The van der Waals surface area contributed by atoms with E-state index in [4.69, 9.17) is 0 Å². The summed E-state index contributed by atoms with van der Waals surface area (Å²) in [6.45, 7) is 6.73. The van der Waals surface area contributed by atoms with Crippen LogP contribution in [0.1, 0.15) is 25.8 Å². The van der Waals surface area contributed by atoms with E-state index < -0.39 is 4.92 Å². The number of carbonyl (C=O) groups excluding carboxylic acids is 1. The number of non-ortho nitro benzene ring substituents is 1. The summed E-state index contributed by atoms with van der Waals surface area (Å²) in [6, 6.07) is 8.65. The van der Waals surface area contributed by atoms with Gasteiger partial charge in [0, 0.05) is 44.7 Å². The molecular weight excluding hydrogens is 320 g/mol. The van der Waals surface area contributed by atoms with E-state index in [0.29, 0.717) is 39.0 Å². The molecule has 134 valence electrons. The third kappa shape index (κ3) is 5.00. The van der Waals surface area contributed by atoms with Crippen molar-refractivity contribution in [3.63, 3.8) is 0 Å². The van der Waals surface area contributed by atoms with Gasteiger partial charge in [-0.1, -0.05) is 26.0 Å². The molecule has 25 heavy (non-hydrogen) atoms. The van der Waals surface area contributed by atoms with E-state index in [0.717, 1.165) is 5.56 Å². The lowest BCUT2D eigenvalue weighted by Gasteiger charge is -2.38. The summed E-state index contributed by atoms with van der Waals surface area (Å²) >= 11 is 0. The second-order valence-electron chi connectivity index (χ2n) is 6.66. The summed E-state index contributed by atoms with van der Waals surface area (Å²) in [4.78, 5) is 26.7. The van der Waals surface area contributed by atoms with Crippen LogP contribution in [0, 0.1) is 27.4 Å². The van der Waals surface area contributed by atoms with Crippen molar-refractivity contribution in [1.29, 1.82) is 5.26 Å². The molecule has 0 spiro atoms. The number of nitriles is 1. The zero-order valence-electron chi connectivity index (χ0n) is 14.7. The van der Waals surface area contributed by atoms with Gasteiger partial charge in [0.15, 0.2) is 0 Å². The highest BCUT2D eigenvalue weighted by Crippen LogP contribution is 2.16. The lowest BCUT2D eigenvalue weighted by molar-refractivity contribution is -0.384. The minimum atomic E-state index is -0.426. The molecule has 1 aromatic rings. The van der Waals surface area contributed by atoms with Gasteiger partial charge in [-0.05, 0) is 17.9 Å². The number of rotatable bonds is 6. The molecule has 0 saturated carbocycles. The number of benzene rings is 1. The van der Waals surface area contributed by atoms with Crippen LogP contribution in [-0.2, 0) is 11.2 Å². The Bertz CT molecular complexity index is 661. The molecule has 7 nitrogen and oxygen atoms in total. The maximum absolute atomic E-state index is 12.4. The number of hydrogen-bond acceptors (Lipinski definition) is 5. The van der Waals surface area contributed by atoms with E-state index in [1.807, 2.05) is 18.7 Å². The van der Waals surface area contributed by atoms with E-state index >= 15 is 0 Å². The van der Waals surface area contributed by atoms with E-state index in [-0.39, 0.29) is 23.6 Å². The monoisotopic (exact) mass is 344 g/mol. The van der Waals surface area contributed by atoms with Crippen molar-refractivity contribution in [3.05, 3.63) is 39.9 Å². The Hall–Kier alpha value is -2.46. The van der Waals surface area contributed by atoms with E-state index in [9.17, 15) is 20.2 Å². The van der Waals surface area contributed by atoms with Crippen LogP contribution in [-0.4, -0.2) is 52.9 Å². The number of nitro benzene ring substituents is 1. The molecule has 1 amide bonds. The molecule has 0 unspecified atom stereocenters. The van der Waals surface area contributed by atoms with Crippen molar-refractivity contribution < 1.29 is 9.72 Å². The first-order valence-electron chi connectivity index (χ1n) is 8.57. The van der Waals surface area contributed by atoms with Crippen molar-refractivity contribution in [2.45, 2.75) is 32.7 Å². The number of piperazine rings is 1. The van der Waals surface area contributed by atoms with Crippen molar-refractivity contribution in [2.75, 3.05) is 26.2 Å². The highest BCUT2D eigenvalue weighted by Gasteiger charge is 2.27. The van der Waals surface area contributed by atoms with E-state index in [1.165, 1.54) is 12.1 Å². The van der Waals surface area contributed by atoms with Gasteiger partial charge < -0.3 is 4.90 Å². The van der Waals surface area contributed by atoms with Gasteiger partial charge in [-0.2, -0.15) is 5.26 Å². The van der Waals surface area contributed by atoms with Crippen LogP contribution in [0.25, 0.3) is 0 Å². The number of amides is 1.